The molecule has 0 atom stereocenters. The van der Waals surface area contributed by atoms with Crippen LogP contribution in [0.3, 0.4) is 0 Å². The molecule has 0 aliphatic heterocycles. The number of hydrogen-bond donors (Lipinski definition) is 3. The molecule has 0 unspecified atom stereocenters. The predicted molar refractivity (Wildman–Crippen MR) is 85.5 cm³/mol. The summed E-state index contributed by atoms with van der Waals surface area (Å²) in [6, 6.07) is 3.60. The summed E-state index contributed by atoms with van der Waals surface area (Å²) in [5, 5.41) is 11.6. The number of carboxylic acids is 1. The van der Waals surface area contributed by atoms with Crippen LogP contribution in [0.25, 0.3) is 0 Å². The Kier molecular flexibility index (Phi) is 4.86. The molecular formula is C15H20N2O6S. The summed E-state index contributed by atoms with van der Waals surface area (Å²) in [5.74, 6) is -1.64. The fourth-order valence-electron chi connectivity index (χ4n) is 2.21. The van der Waals surface area contributed by atoms with Crippen molar-refractivity contribution < 1.29 is 27.9 Å². The van der Waals surface area contributed by atoms with Crippen molar-refractivity contribution in [3.8, 4) is 5.75 Å². The Balaban J connectivity index is 2.35. The van der Waals surface area contributed by atoms with E-state index in [1.165, 1.54) is 25.3 Å². The van der Waals surface area contributed by atoms with Crippen LogP contribution in [0.15, 0.2) is 23.1 Å². The van der Waals surface area contributed by atoms with Crippen LogP contribution in [0, 0.1) is 0 Å². The van der Waals surface area contributed by atoms with Gasteiger partial charge in [0.05, 0.1) is 7.11 Å². The minimum Gasteiger partial charge on any atom is -0.495 e. The van der Waals surface area contributed by atoms with Crippen molar-refractivity contribution in [2.45, 2.75) is 43.2 Å². The standard InChI is InChI=1S/C15H20N2O6S/c1-9(2)17-24(21,22)12-8-10(4-5-11(12)23-3)13(18)16-15(6-7-15)14(19)20/h4-5,8-9,17H,6-7H2,1-3H3,(H,16,18)(H,19,20). The van der Waals surface area contributed by atoms with E-state index in [2.05, 4.69) is 10.0 Å². The van der Waals surface area contributed by atoms with E-state index in [-0.39, 0.29) is 22.3 Å². The molecule has 0 heterocycles. The van der Waals surface area contributed by atoms with Crippen LogP contribution in [-0.4, -0.2) is 44.1 Å². The van der Waals surface area contributed by atoms with Gasteiger partial charge in [-0.1, -0.05) is 0 Å². The van der Waals surface area contributed by atoms with Gasteiger partial charge in [-0.3, -0.25) is 4.79 Å². The van der Waals surface area contributed by atoms with Gasteiger partial charge >= 0.3 is 5.97 Å². The van der Waals surface area contributed by atoms with Crippen molar-refractivity contribution in [2.24, 2.45) is 0 Å². The van der Waals surface area contributed by atoms with Crippen LogP contribution < -0.4 is 14.8 Å². The highest BCUT2D eigenvalue weighted by Gasteiger charge is 2.51. The molecule has 1 aliphatic rings. The van der Waals surface area contributed by atoms with Crippen molar-refractivity contribution in [1.29, 1.82) is 0 Å². The van der Waals surface area contributed by atoms with Gasteiger partial charge in [-0.15, -0.1) is 0 Å². The van der Waals surface area contributed by atoms with Gasteiger partial charge in [0.15, 0.2) is 0 Å². The zero-order valence-corrected chi connectivity index (χ0v) is 14.4. The van der Waals surface area contributed by atoms with Crippen molar-refractivity contribution in [3.63, 3.8) is 0 Å². The van der Waals surface area contributed by atoms with Crippen LogP contribution in [0.4, 0.5) is 0 Å². The number of carbonyl (C=O) groups excluding carboxylic acids is 1. The Bertz CT molecular complexity index is 768. The highest BCUT2D eigenvalue weighted by Crippen LogP contribution is 2.36. The first-order chi connectivity index (χ1) is 11.1. The lowest BCUT2D eigenvalue weighted by Crippen LogP contribution is -2.43. The van der Waals surface area contributed by atoms with E-state index in [4.69, 9.17) is 9.84 Å². The van der Waals surface area contributed by atoms with E-state index in [0.717, 1.165) is 0 Å². The van der Waals surface area contributed by atoms with Crippen LogP contribution in [0.5, 0.6) is 5.75 Å². The number of methoxy groups -OCH3 is 1. The lowest BCUT2D eigenvalue weighted by atomic mass is 10.1. The lowest BCUT2D eigenvalue weighted by Gasteiger charge is -2.15. The molecule has 1 fully saturated rings. The SMILES string of the molecule is COc1ccc(C(=O)NC2(C(=O)O)CC2)cc1S(=O)(=O)NC(C)C. The van der Waals surface area contributed by atoms with Crippen LogP contribution in [0.1, 0.15) is 37.0 Å². The number of rotatable bonds is 7. The molecule has 8 nitrogen and oxygen atoms in total. The number of carbonyl (C=O) groups is 2. The Morgan fingerprint density at radius 1 is 1.29 bits per heavy atom. The number of nitrogens with one attached hydrogen (secondary N) is 2. The van der Waals surface area contributed by atoms with Gasteiger partial charge in [-0.05, 0) is 44.9 Å². The molecule has 132 valence electrons. The van der Waals surface area contributed by atoms with Crippen molar-refractivity contribution in [1.82, 2.24) is 10.0 Å². The maximum Gasteiger partial charge on any atom is 0.329 e. The maximum absolute atomic E-state index is 12.4. The number of aliphatic carboxylic acids is 1. The topological polar surface area (TPSA) is 122 Å². The van der Waals surface area contributed by atoms with E-state index in [9.17, 15) is 18.0 Å². The van der Waals surface area contributed by atoms with E-state index >= 15 is 0 Å². The lowest BCUT2D eigenvalue weighted by molar-refractivity contribution is -0.140. The first-order valence-corrected chi connectivity index (χ1v) is 8.86. The third-order valence-corrected chi connectivity index (χ3v) is 5.30. The first-order valence-electron chi connectivity index (χ1n) is 7.37. The highest BCUT2D eigenvalue weighted by molar-refractivity contribution is 7.89. The molecule has 24 heavy (non-hydrogen) atoms. The van der Waals surface area contributed by atoms with Crippen LogP contribution in [0.2, 0.25) is 0 Å². The highest BCUT2D eigenvalue weighted by atomic mass is 32.2. The molecule has 1 aromatic rings. The maximum atomic E-state index is 12.4. The predicted octanol–water partition coefficient (Wildman–Crippen LogP) is 0.729. The Hall–Kier alpha value is -2.13. The molecule has 1 saturated carbocycles. The van der Waals surface area contributed by atoms with Crippen LogP contribution >= 0.6 is 0 Å². The third-order valence-electron chi connectivity index (χ3n) is 3.62. The van der Waals surface area contributed by atoms with E-state index in [0.29, 0.717) is 12.8 Å². The van der Waals surface area contributed by atoms with Gasteiger partial charge < -0.3 is 15.2 Å². The fourth-order valence-corrected chi connectivity index (χ4v) is 3.65. The Morgan fingerprint density at radius 2 is 1.92 bits per heavy atom. The molecule has 1 amide bonds. The van der Waals surface area contributed by atoms with Crippen molar-refractivity contribution in [3.05, 3.63) is 23.8 Å². The molecule has 9 heteroatoms. The molecule has 3 N–H and O–H groups in total. The van der Waals surface area contributed by atoms with E-state index in [1.54, 1.807) is 13.8 Å². The minimum atomic E-state index is -3.87. The van der Waals surface area contributed by atoms with Crippen LogP contribution in [-0.2, 0) is 14.8 Å². The molecule has 0 aromatic heterocycles. The van der Waals surface area contributed by atoms with Gasteiger partial charge in [-0.2, -0.15) is 0 Å². The minimum absolute atomic E-state index is 0.0486. The molecule has 0 bridgehead atoms. The van der Waals surface area contributed by atoms with Gasteiger partial charge in [0.1, 0.15) is 16.2 Å². The second kappa shape index (κ2) is 6.40. The molecule has 0 spiro atoms. The normalized spacial score (nSPS) is 15.8. The average molecular weight is 356 g/mol. The largest absolute Gasteiger partial charge is 0.495 e. The summed E-state index contributed by atoms with van der Waals surface area (Å²) >= 11 is 0. The zero-order valence-electron chi connectivity index (χ0n) is 13.6. The quantitative estimate of drug-likeness (QED) is 0.662. The summed E-state index contributed by atoms with van der Waals surface area (Å²) in [6.07, 6.45) is 0.703. The summed E-state index contributed by atoms with van der Waals surface area (Å²) in [6.45, 7) is 3.34. The van der Waals surface area contributed by atoms with Gasteiger partial charge in [0.2, 0.25) is 10.0 Å². The average Bonchev–Trinajstić information content (AvgIpc) is 3.26. The number of amides is 1. The van der Waals surface area contributed by atoms with Gasteiger partial charge in [0, 0.05) is 11.6 Å². The summed E-state index contributed by atoms with van der Waals surface area (Å²) in [4.78, 5) is 23.3. The number of benzene rings is 1. The Labute approximate surface area is 140 Å². The Morgan fingerprint density at radius 3 is 2.38 bits per heavy atom. The first kappa shape index (κ1) is 18.2. The van der Waals surface area contributed by atoms with Crippen molar-refractivity contribution >= 4 is 21.9 Å². The molecule has 2 rings (SSSR count). The van der Waals surface area contributed by atoms with E-state index in [1.807, 2.05) is 0 Å². The third kappa shape index (κ3) is 3.68. The van der Waals surface area contributed by atoms with Gasteiger partial charge in [-0.25, -0.2) is 17.9 Å². The number of sulfonamides is 1. The second-order valence-electron chi connectivity index (χ2n) is 5.98. The smallest absolute Gasteiger partial charge is 0.329 e. The zero-order chi connectivity index (χ0) is 18.1. The fraction of sp³-hybridized carbons (Fsp3) is 0.467. The van der Waals surface area contributed by atoms with E-state index < -0.39 is 27.4 Å². The molecule has 1 aromatic carbocycles. The summed E-state index contributed by atoms with van der Waals surface area (Å²) in [5.41, 5.74) is -1.20. The summed E-state index contributed by atoms with van der Waals surface area (Å²) in [7, 11) is -2.55. The molecular weight excluding hydrogens is 336 g/mol. The molecule has 0 radical (unpaired) electrons. The number of ether oxygens (including phenoxy) is 1. The molecule has 0 saturated heterocycles. The second-order valence-corrected chi connectivity index (χ2v) is 7.67. The number of carboxylic acid groups (broad SMARTS) is 1. The van der Waals surface area contributed by atoms with Gasteiger partial charge in [0.25, 0.3) is 5.91 Å². The molecule has 1 aliphatic carbocycles. The van der Waals surface area contributed by atoms with Crippen molar-refractivity contribution in [2.75, 3.05) is 7.11 Å². The number of hydrogen-bond acceptors (Lipinski definition) is 5. The monoisotopic (exact) mass is 356 g/mol. The summed E-state index contributed by atoms with van der Waals surface area (Å²) < 4.78 is 32.2.